The van der Waals surface area contributed by atoms with Crippen molar-refractivity contribution in [2.24, 2.45) is 4.40 Å². The van der Waals surface area contributed by atoms with Gasteiger partial charge in [-0.25, -0.2) is 13.3 Å². The molecule has 1 aromatic heterocycles. The van der Waals surface area contributed by atoms with Gasteiger partial charge in [-0.2, -0.15) is 8.42 Å². The van der Waals surface area contributed by atoms with E-state index in [9.17, 15) is 31.2 Å². The summed E-state index contributed by atoms with van der Waals surface area (Å²) in [5.41, 5.74) is 1.02. The highest BCUT2D eigenvalue weighted by atomic mass is 35.5. The molecule has 5 rings (SSSR count). The van der Waals surface area contributed by atoms with Gasteiger partial charge < -0.3 is 5.32 Å². The summed E-state index contributed by atoms with van der Waals surface area (Å²) in [5, 5.41) is 2.81. The average Bonchev–Trinajstić information content (AvgIpc) is 3.26. The molecule has 0 atom stereocenters. The summed E-state index contributed by atoms with van der Waals surface area (Å²) >= 11 is 13.1. The number of hydrogen-bond acceptors (Lipinski definition) is 9. The van der Waals surface area contributed by atoms with Gasteiger partial charge in [0.2, 0.25) is 5.91 Å². The first-order valence-electron chi connectivity index (χ1n) is 11.2. The number of nitrogens with zero attached hydrogens (tertiary/aromatic N) is 2. The first-order valence-corrected chi connectivity index (χ1v) is 15.8. The number of rotatable bonds is 6. The number of benzene rings is 2. The fourth-order valence-electron chi connectivity index (χ4n) is 4.32. The first kappa shape index (κ1) is 27.5. The number of carbonyl (C=O) groups excluding carboxylic acids is 3. The van der Waals surface area contributed by atoms with Crippen LogP contribution in [0.1, 0.15) is 28.4 Å². The fraction of sp³-hybridized carbons (Fsp3) is 0.167. The number of nitrogens with one attached hydrogen (secondary N) is 1. The van der Waals surface area contributed by atoms with Crippen molar-refractivity contribution < 1.29 is 31.2 Å². The highest BCUT2D eigenvalue weighted by Gasteiger charge is 2.36. The molecule has 10 nitrogen and oxygen atoms in total. The van der Waals surface area contributed by atoms with Gasteiger partial charge in [0.1, 0.15) is 20.7 Å². The molecule has 0 aliphatic carbocycles. The van der Waals surface area contributed by atoms with E-state index in [0.29, 0.717) is 11.1 Å². The highest BCUT2D eigenvalue weighted by Crippen LogP contribution is 2.36. The van der Waals surface area contributed by atoms with Crippen LogP contribution in [0.4, 0.5) is 11.4 Å². The molecule has 39 heavy (non-hydrogen) atoms. The third-order valence-corrected chi connectivity index (χ3v) is 11.1. The largest absolute Gasteiger partial charge is 0.342 e. The zero-order chi connectivity index (χ0) is 28.3. The van der Waals surface area contributed by atoms with Crippen LogP contribution < -0.4 is 10.2 Å². The van der Waals surface area contributed by atoms with Crippen molar-refractivity contribution in [3.8, 4) is 0 Å². The molecule has 0 saturated carbocycles. The summed E-state index contributed by atoms with van der Waals surface area (Å²) in [6, 6.07) is 9.62. The number of carbonyl (C=O) groups is 3. The van der Waals surface area contributed by atoms with E-state index in [1.54, 1.807) is 0 Å². The van der Waals surface area contributed by atoms with Crippen molar-refractivity contribution in [2.45, 2.75) is 28.9 Å². The SMILES string of the molecule is CC1=NS(=O)(=O)c2cc3c(cc2N1)CC(=O)N(c1ccc(CC(=O)CS(=O)(=O)c2ccc(Cl)s2)cc1Cl)C3=O. The summed E-state index contributed by atoms with van der Waals surface area (Å²) < 4.78 is 53.9. The molecule has 0 bridgehead atoms. The quantitative estimate of drug-likeness (QED) is 0.406. The lowest BCUT2D eigenvalue weighted by atomic mass is 9.96. The minimum atomic E-state index is -4.04. The van der Waals surface area contributed by atoms with Crippen LogP contribution in [0, 0.1) is 0 Å². The van der Waals surface area contributed by atoms with Crippen molar-refractivity contribution in [1.29, 1.82) is 0 Å². The fourth-order valence-corrected chi connectivity index (χ4v) is 8.57. The van der Waals surface area contributed by atoms with Crippen LogP contribution >= 0.6 is 34.5 Å². The summed E-state index contributed by atoms with van der Waals surface area (Å²) in [5.74, 6) is -2.49. The molecule has 0 radical (unpaired) electrons. The predicted molar refractivity (Wildman–Crippen MR) is 147 cm³/mol. The smallest absolute Gasteiger partial charge is 0.286 e. The van der Waals surface area contributed by atoms with Crippen molar-refractivity contribution in [1.82, 2.24) is 0 Å². The van der Waals surface area contributed by atoms with Gasteiger partial charge in [-0.1, -0.05) is 29.3 Å². The lowest BCUT2D eigenvalue weighted by Crippen LogP contribution is -2.43. The van der Waals surface area contributed by atoms with Gasteiger partial charge in [0, 0.05) is 12.0 Å². The summed E-state index contributed by atoms with van der Waals surface area (Å²) in [7, 11) is -7.89. The monoisotopic (exact) mass is 625 g/mol. The van der Waals surface area contributed by atoms with Crippen LogP contribution in [0.25, 0.3) is 0 Å². The standard InChI is InChI=1S/C24H17Cl2N3O7S3/c1-12-27-18-8-14-9-22(31)29(24(32)16(14)10-20(18)39(35,36)28-12)19-3-2-13(7-17(19)25)6-15(30)11-38(33,34)23-5-4-21(26)37-23/h2-5,7-8,10H,6,9,11H2,1H3,(H,27,28). The first-order chi connectivity index (χ1) is 18.2. The molecule has 3 aromatic rings. The van der Waals surface area contributed by atoms with E-state index in [0.717, 1.165) is 16.2 Å². The second-order valence-electron chi connectivity index (χ2n) is 8.81. The Bertz CT molecular complexity index is 1850. The zero-order valence-corrected chi connectivity index (χ0v) is 23.9. The number of sulfone groups is 1. The second kappa shape index (κ2) is 9.82. The topological polar surface area (TPSA) is 147 Å². The third-order valence-electron chi connectivity index (χ3n) is 5.94. The van der Waals surface area contributed by atoms with E-state index in [1.165, 1.54) is 49.4 Å². The molecule has 3 heterocycles. The lowest BCUT2D eigenvalue weighted by molar-refractivity contribution is -0.118. The van der Waals surface area contributed by atoms with Crippen molar-refractivity contribution in [3.63, 3.8) is 0 Å². The third kappa shape index (κ3) is 5.24. The molecule has 2 aliphatic heterocycles. The Morgan fingerprint density at radius 3 is 2.54 bits per heavy atom. The van der Waals surface area contributed by atoms with Gasteiger partial charge in [0.05, 0.1) is 27.2 Å². The van der Waals surface area contributed by atoms with Gasteiger partial charge in [-0.05, 0) is 54.4 Å². The number of amides is 2. The number of amidine groups is 1. The Balaban J connectivity index is 1.39. The zero-order valence-electron chi connectivity index (χ0n) is 19.9. The average molecular weight is 627 g/mol. The molecule has 2 aromatic carbocycles. The highest BCUT2D eigenvalue weighted by molar-refractivity contribution is 7.94. The molecule has 0 unspecified atom stereocenters. The number of hydrogen-bond donors (Lipinski definition) is 1. The molecular weight excluding hydrogens is 609 g/mol. The van der Waals surface area contributed by atoms with Crippen LogP contribution in [-0.2, 0) is 42.3 Å². The maximum absolute atomic E-state index is 13.4. The molecule has 0 saturated heterocycles. The van der Waals surface area contributed by atoms with E-state index >= 15 is 0 Å². The van der Waals surface area contributed by atoms with Crippen LogP contribution in [0.5, 0.6) is 0 Å². The second-order valence-corrected chi connectivity index (χ2v) is 14.7. The Labute approximate surface area is 237 Å². The molecule has 2 amide bonds. The number of sulfonamides is 1. The van der Waals surface area contributed by atoms with Gasteiger partial charge >= 0.3 is 0 Å². The summed E-state index contributed by atoms with van der Waals surface area (Å²) in [6.45, 7) is 1.48. The van der Waals surface area contributed by atoms with Crippen LogP contribution in [0.15, 0.2) is 56.0 Å². The van der Waals surface area contributed by atoms with E-state index < -0.39 is 43.2 Å². The van der Waals surface area contributed by atoms with E-state index in [-0.39, 0.29) is 54.1 Å². The van der Waals surface area contributed by atoms with Crippen molar-refractivity contribution in [3.05, 3.63) is 68.5 Å². The molecule has 2 aliphatic rings. The van der Waals surface area contributed by atoms with E-state index in [4.69, 9.17) is 23.2 Å². The maximum atomic E-state index is 13.4. The number of fused-ring (bicyclic) bond motifs is 2. The van der Waals surface area contributed by atoms with Crippen LogP contribution in [0.3, 0.4) is 0 Å². The van der Waals surface area contributed by atoms with E-state index in [1.807, 2.05) is 0 Å². The number of ketones is 1. The van der Waals surface area contributed by atoms with Crippen molar-refractivity contribution in [2.75, 3.05) is 16.0 Å². The minimum Gasteiger partial charge on any atom is -0.342 e. The molecule has 1 N–H and O–H groups in total. The minimum absolute atomic E-state index is 0.0107. The number of thiophene rings is 1. The van der Waals surface area contributed by atoms with Gasteiger partial charge in [0.25, 0.3) is 15.9 Å². The van der Waals surface area contributed by atoms with Crippen molar-refractivity contribution >= 4 is 89.2 Å². The van der Waals surface area contributed by atoms with Crippen LogP contribution in [0.2, 0.25) is 9.36 Å². The van der Waals surface area contributed by atoms with Crippen LogP contribution in [-0.4, -0.2) is 46.0 Å². The Kier molecular flexibility index (Phi) is 6.92. The molecule has 0 fully saturated rings. The number of halogens is 2. The number of imide groups is 1. The Morgan fingerprint density at radius 2 is 1.87 bits per heavy atom. The lowest BCUT2D eigenvalue weighted by Gasteiger charge is -2.29. The molecular formula is C24H17Cl2N3O7S3. The molecule has 202 valence electrons. The molecule has 15 heteroatoms. The normalized spacial score (nSPS) is 16.3. The van der Waals surface area contributed by atoms with E-state index in [2.05, 4.69) is 9.71 Å². The van der Waals surface area contributed by atoms with Gasteiger partial charge in [-0.15, -0.1) is 15.7 Å². The maximum Gasteiger partial charge on any atom is 0.286 e. The van der Waals surface area contributed by atoms with Gasteiger partial charge in [0.15, 0.2) is 15.6 Å². The molecule has 0 spiro atoms. The predicted octanol–water partition coefficient (Wildman–Crippen LogP) is 3.90. The number of anilines is 2. The van der Waals surface area contributed by atoms with Gasteiger partial charge in [-0.3, -0.25) is 14.4 Å². The number of Topliss-reactive ketones (excluding diaryl/α,β-unsaturated/α-hetero) is 1. The summed E-state index contributed by atoms with van der Waals surface area (Å²) in [4.78, 5) is 39.5. The summed E-state index contributed by atoms with van der Waals surface area (Å²) in [6.07, 6.45) is -0.437. The Hall–Kier alpha value is -3.10. The Morgan fingerprint density at radius 1 is 1.13 bits per heavy atom.